The van der Waals surface area contributed by atoms with Gasteiger partial charge in [0.25, 0.3) is 5.91 Å². The summed E-state index contributed by atoms with van der Waals surface area (Å²) in [5.41, 5.74) is 4.67. The van der Waals surface area contributed by atoms with E-state index in [0.29, 0.717) is 30.2 Å². The molecule has 0 aliphatic carbocycles. The van der Waals surface area contributed by atoms with E-state index in [1.54, 1.807) is 4.90 Å². The molecule has 1 aromatic heterocycles. The third-order valence-corrected chi connectivity index (χ3v) is 6.32. The number of nitrogens with zero attached hydrogens (tertiary/aromatic N) is 2. The molecule has 1 atom stereocenters. The molecular formula is C24H24FN3O2S. The highest BCUT2D eigenvalue weighted by Crippen LogP contribution is 2.29. The summed E-state index contributed by atoms with van der Waals surface area (Å²) in [5.74, 6) is -0.982. The van der Waals surface area contributed by atoms with Gasteiger partial charge in [0, 0.05) is 29.6 Å². The zero-order chi connectivity index (χ0) is 22.0. The van der Waals surface area contributed by atoms with Crippen molar-refractivity contribution in [1.82, 2.24) is 9.88 Å². The van der Waals surface area contributed by atoms with E-state index >= 15 is 0 Å². The Bertz CT molecular complexity index is 1110. The van der Waals surface area contributed by atoms with Crippen molar-refractivity contribution in [2.24, 2.45) is 5.92 Å². The maximum absolute atomic E-state index is 13.1. The Labute approximate surface area is 184 Å². The van der Waals surface area contributed by atoms with Crippen LogP contribution in [0.15, 0.2) is 47.8 Å². The summed E-state index contributed by atoms with van der Waals surface area (Å²) in [6.45, 7) is 5.04. The maximum Gasteiger partial charge on any atom is 0.253 e. The number of carbonyl (C=O) groups excluding carboxylic acids is 2. The van der Waals surface area contributed by atoms with E-state index in [9.17, 15) is 14.0 Å². The summed E-state index contributed by atoms with van der Waals surface area (Å²) in [7, 11) is 0. The molecule has 3 aromatic rings. The fraction of sp³-hybridized carbons (Fsp3) is 0.292. The second kappa shape index (κ2) is 8.98. The van der Waals surface area contributed by atoms with Gasteiger partial charge in [-0.2, -0.15) is 0 Å². The van der Waals surface area contributed by atoms with E-state index in [4.69, 9.17) is 0 Å². The molecule has 2 aromatic carbocycles. The monoisotopic (exact) mass is 437 g/mol. The van der Waals surface area contributed by atoms with Crippen molar-refractivity contribution in [3.63, 3.8) is 0 Å². The van der Waals surface area contributed by atoms with E-state index in [2.05, 4.69) is 36.3 Å². The quantitative estimate of drug-likeness (QED) is 0.621. The lowest BCUT2D eigenvalue weighted by atomic mass is 9.96. The van der Waals surface area contributed by atoms with Crippen LogP contribution in [0, 0.1) is 25.6 Å². The third-order valence-electron chi connectivity index (χ3n) is 5.56. The number of halogens is 1. The zero-order valence-corrected chi connectivity index (χ0v) is 18.3. The summed E-state index contributed by atoms with van der Waals surface area (Å²) < 4.78 is 13.1. The van der Waals surface area contributed by atoms with Crippen molar-refractivity contribution in [3.8, 4) is 11.3 Å². The van der Waals surface area contributed by atoms with Gasteiger partial charge in [-0.1, -0.05) is 23.8 Å². The van der Waals surface area contributed by atoms with Crippen molar-refractivity contribution in [1.29, 1.82) is 0 Å². The average molecular weight is 438 g/mol. The number of anilines is 1. The topological polar surface area (TPSA) is 62.3 Å². The molecule has 5 nitrogen and oxygen atoms in total. The maximum atomic E-state index is 13.1. The molecule has 1 fully saturated rings. The lowest BCUT2D eigenvalue weighted by Crippen LogP contribution is -2.43. The SMILES string of the molecule is Cc1ccc(-c2csc(NC(=O)C3CCCN(C(=O)c4ccc(F)cc4)C3)n2)c(C)c1. The Morgan fingerprint density at radius 1 is 1.16 bits per heavy atom. The minimum atomic E-state index is -0.379. The van der Waals surface area contributed by atoms with E-state index in [1.807, 2.05) is 11.4 Å². The van der Waals surface area contributed by atoms with Crippen molar-refractivity contribution in [2.45, 2.75) is 26.7 Å². The van der Waals surface area contributed by atoms with Gasteiger partial charge < -0.3 is 10.2 Å². The minimum absolute atomic E-state index is 0.127. The average Bonchev–Trinajstić information content (AvgIpc) is 3.22. The fourth-order valence-corrected chi connectivity index (χ4v) is 4.63. The number of aryl methyl sites for hydroxylation is 2. The predicted molar refractivity (Wildman–Crippen MR) is 121 cm³/mol. The van der Waals surface area contributed by atoms with Gasteiger partial charge in [0.05, 0.1) is 11.6 Å². The first-order valence-electron chi connectivity index (χ1n) is 10.3. The van der Waals surface area contributed by atoms with Crippen LogP contribution >= 0.6 is 11.3 Å². The standard InChI is InChI=1S/C24H24FN3O2S/c1-15-5-10-20(16(2)12-15)21-14-31-24(26-21)27-22(29)18-4-3-11-28(13-18)23(30)17-6-8-19(25)9-7-17/h5-10,12,14,18H,3-4,11,13H2,1-2H3,(H,26,27,29). The smallest absolute Gasteiger partial charge is 0.253 e. The van der Waals surface area contributed by atoms with Crippen molar-refractivity contribution < 1.29 is 14.0 Å². The van der Waals surface area contributed by atoms with Crippen LogP contribution in [-0.4, -0.2) is 34.8 Å². The Morgan fingerprint density at radius 2 is 1.94 bits per heavy atom. The van der Waals surface area contributed by atoms with Gasteiger partial charge in [-0.25, -0.2) is 9.37 Å². The number of rotatable bonds is 4. The van der Waals surface area contributed by atoms with E-state index in [1.165, 1.54) is 41.2 Å². The van der Waals surface area contributed by atoms with Gasteiger partial charge in [-0.15, -0.1) is 11.3 Å². The highest BCUT2D eigenvalue weighted by atomic mass is 32.1. The first-order chi connectivity index (χ1) is 14.9. The largest absolute Gasteiger partial charge is 0.338 e. The van der Waals surface area contributed by atoms with Crippen LogP contribution < -0.4 is 5.32 Å². The number of hydrogen-bond acceptors (Lipinski definition) is 4. The molecule has 1 saturated heterocycles. The van der Waals surface area contributed by atoms with Crippen molar-refractivity contribution in [2.75, 3.05) is 18.4 Å². The summed E-state index contributed by atoms with van der Waals surface area (Å²) in [6, 6.07) is 11.7. The zero-order valence-electron chi connectivity index (χ0n) is 17.5. The Morgan fingerprint density at radius 3 is 2.68 bits per heavy atom. The van der Waals surface area contributed by atoms with E-state index in [-0.39, 0.29) is 23.5 Å². The van der Waals surface area contributed by atoms with Gasteiger partial charge in [0.1, 0.15) is 5.82 Å². The molecule has 31 heavy (non-hydrogen) atoms. The first-order valence-corrected chi connectivity index (χ1v) is 11.2. The molecule has 2 amide bonds. The molecule has 2 heterocycles. The summed E-state index contributed by atoms with van der Waals surface area (Å²) in [5, 5.41) is 5.42. The number of aromatic nitrogens is 1. The lowest BCUT2D eigenvalue weighted by Gasteiger charge is -2.32. The highest BCUT2D eigenvalue weighted by molar-refractivity contribution is 7.14. The molecule has 0 saturated carbocycles. The fourth-order valence-electron chi connectivity index (χ4n) is 3.91. The van der Waals surface area contributed by atoms with Gasteiger partial charge >= 0.3 is 0 Å². The van der Waals surface area contributed by atoms with Crippen LogP contribution in [0.3, 0.4) is 0 Å². The molecule has 1 aliphatic rings. The van der Waals surface area contributed by atoms with Crippen molar-refractivity contribution in [3.05, 3.63) is 70.4 Å². The summed E-state index contributed by atoms with van der Waals surface area (Å²) in [4.78, 5) is 31.8. The molecule has 0 bridgehead atoms. The Hall–Kier alpha value is -3.06. The molecule has 1 unspecified atom stereocenters. The van der Waals surface area contributed by atoms with Gasteiger partial charge in [-0.05, 0) is 56.5 Å². The van der Waals surface area contributed by atoms with Crippen LogP contribution in [0.25, 0.3) is 11.3 Å². The van der Waals surface area contributed by atoms with Crippen LogP contribution in [0.5, 0.6) is 0 Å². The predicted octanol–water partition coefficient (Wildman–Crippen LogP) is 5.06. The molecule has 4 rings (SSSR count). The van der Waals surface area contributed by atoms with Crippen LogP contribution in [0.1, 0.15) is 34.3 Å². The van der Waals surface area contributed by atoms with E-state index < -0.39 is 0 Å². The van der Waals surface area contributed by atoms with E-state index in [0.717, 1.165) is 23.2 Å². The molecule has 160 valence electrons. The normalized spacial score (nSPS) is 16.2. The number of piperidine rings is 1. The lowest BCUT2D eigenvalue weighted by molar-refractivity contribution is -0.121. The second-order valence-corrected chi connectivity index (χ2v) is 8.80. The molecule has 0 spiro atoms. The molecule has 1 aliphatic heterocycles. The summed E-state index contributed by atoms with van der Waals surface area (Å²) in [6.07, 6.45) is 1.46. The first kappa shape index (κ1) is 21.2. The van der Waals surface area contributed by atoms with Crippen LogP contribution in [0.2, 0.25) is 0 Å². The molecular weight excluding hydrogens is 413 g/mol. The van der Waals surface area contributed by atoms with Gasteiger partial charge in [-0.3, -0.25) is 9.59 Å². The number of amides is 2. The minimum Gasteiger partial charge on any atom is -0.338 e. The summed E-state index contributed by atoms with van der Waals surface area (Å²) >= 11 is 1.40. The van der Waals surface area contributed by atoms with Crippen LogP contribution in [0.4, 0.5) is 9.52 Å². The number of likely N-dealkylation sites (tertiary alicyclic amines) is 1. The molecule has 1 N–H and O–H groups in total. The molecule has 0 radical (unpaired) electrons. The Balaban J connectivity index is 1.41. The Kier molecular flexibility index (Phi) is 6.13. The third kappa shape index (κ3) is 4.82. The number of nitrogens with one attached hydrogen (secondary N) is 1. The van der Waals surface area contributed by atoms with Crippen LogP contribution in [-0.2, 0) is 4.79 Å². The van der Waals surface area contributed by atoms with Gasteiger partial charge in [0.2, 0.25) is 5.91 Å². The number of carbonyl (C=O) groups is 2. The number of hydrogen-bond donors (Lipinski definition) is 1. The highest BCUT2D eigenvalue weighted by Gasteiger charge is 2.29. The second-order valence-electron chi connectivity index (χ2n) is 7.94. The number of thiazole rings is 1. The van der Waals surface area contributed by atoms with Crippen molar-refractivity contribution >= 4 is 28.3 Å². The number of benzene rings is 2. The molecule has 7 heteroatoms. The van der Waals surface area contributed by atoms with Gasteiger partial charge in [0.15, 0.2) is 5.13 Å².